The summed E-state index contributed by atoms with van der Waals surface area (Å²) in [6.45, 7) is 20.8. The van der Waals surface area contributed by atoms with E-state index >= 15 is 0 Å². The molecule has 5 aromatic heterocycles. The predicted octanol–water partition coefficient (Wildman–Crippen LogP) is 15.3. The van der Waals surface area contributed by atoms with Crippen LogP contribution in [0.4, 0.5) is 13.2 Å². The Morgan fingerprint density at radius 1 is 0.640 bits per heavy atom. The summed E-state index contributed by atoms with van der Waals surface area (Å²) >= 11 is 12.1. The molecule has 5 aromatic rings. The molecule has 5 heterocycles. The van der Waals surface area contributed by atoms with Gasteiger partial charge in [-0.05, 0) is 149 Å². The first-order valence-corrected chi connectivity index (χ1v) is 19.7. The van der Waals surface area contributed by atoms with E-state index in [4.69, 9.17) is 8.83 Å². The molecule has 5 rings (SSSR count). The first kappa shape index (κ1) is 46.1. The molecule has 0 aromatic carbocycles. The van der Waals surface area contributed by atoms with E-state index in [1.165, 1.54) is 11.8 Å². The number of hydrogen-bond donors (Lipinski definition) is 1. The SMILES string of the molecule is CC(C)c1ccc(Br)[nH]1.CC(C)c1ccc(Br)o1.CC(C)c1ccc(C(F)(F)F)cn1.CC(C)c1ccc(I)o1.CC(C)c1cccc(Br)n1. The number of halogens is 7. The van der Waals surface area contributed by atoms with Crippen LogP contribution in [-0.4, -0.2) is 15.0 Å². The Bertz CT molecular complexity index is 1540. The number of alkyl halides is 3. The molecule has 12 heteroatoms. The molecule has 0 spiro atoms. The summed E-state index contributed by atoms with van der Waals surface area (Å²) in [4.78, 5) is 11.2. The number of furan rings is 2. The van der Waals surface area contributed by atoms with Gasteiger partial charge in [-0.25, -0.2) is 4.98 Å². The molecule has 5 nitrogen and oxygen atoms in total. The van der Waals surface area contributed by atoms with Crippen LogP contribution >= 0.6 is 70.4 Å². The Balaban J connectivity index is 0.000000315. The first-order valence-electron chi connectivity index (χ1n) is 16.2. The smallest absolute Gasteiger partial charge is 0.417 e. The Morgan fingerprint density at radius 2 is 1.22 bits per heavy atom. The van der Waals surface area contributed by atoms with Gasteiger partial charge < -0.3 is 13.8 Å². The second kappa shape index (κ2) is 22.9. The lowest BCUT2D eigenvalue weighted by atomic mass is 10.1. The Labute approximate surface area is 334 Å². The van der Waals surface area contributed by atoms with Gasteiger partial charge in [0.05, 0.1) is 10.2 Å². The normalized spacial score (nSPS) is 11.0. The maximum absolute atomic E-state index is 12.1. The Kier molecular flexibility index (Phi) is 21.1. The fraction of sp³-hybridized carbons (Fsp3) is 0.421. The number of hydrogen-bond acceptors (Lipinski definition) is 4. The van der Waals surface area contributed by atoms with Crippen molar-refractivity contribution in [3.63, 3.8) is 0 Å². The van der Waals surface area contributed by atoms with Gasteiger partial charge in [0.15, 0.2) is 8.44 Å². The monoisotopic (exact) mass is 999 g/mol. The van der Waals surface area contributed by atoms with Crippen molar-refractivity contribution in [3.05, 3.63) is 125 Å². The molecule has 0 aliphatic carbocycles. The molecule has 1 N–H and O–H groups in total. The van der Waals surface area contributed by atoms with Gasteiger partial charge in [0.25, 0.3) is 0 Å². The molecule has 50 heavy (non-hydrogen) atoms. The summed E-state index contributed by atoms with van der Waals surface area (Å²) in [6.07, 6.45) is -3.42. The Hall–Kier alpha value is -1.90. The van der Waals surface area contributed by atoms with E-state index in [0.29, 0.717) is 29.4 Å². The third kappa shape index (κ3) is 18.5. The van der Waals surface area contributed by atoms with E-state index in [0.717, 1.165) is 47.1 Å². The number of nitrogens with zero attached hydrogens (tertiary/aromatic N) is 2. The van der Waals surface area contributed by atoms with Crippen LogP contribution in [0.1, 0.15) is 133 Å². The van der Waals surface area contributed by atoms with Gasteiger partial charge >= 0.3 is 6.18 Å². The zero-order chi connectivity index (χ0) is 38.2. The van der Waals surface area contributed by atoms with Gasteiger partial charge in [-0.15, -0.1) is 0 Å². The van der Waals surface area contributed by atoms with Crippen molar-refractivity contribution in [1.29, 1.82) is 0 Å². The average molecular weight is 1000 g/mol. The number of aromatic nitrogens is 3. The van der Waals surface area contributed by atoms with Gasteiger partial charge in [-0.2, -0.15) is 13.2 Å². The zero-order valence-electron chi connectivity index (χ0n) is 30.2. The molecule has 0 saturated carbocycles. The topological polar surface area (TPSA) is 67.8 Å². The second-order valence-corrected chi connectivity index (χ2v) is 16.2. The number of pyridine rings is 2. The highest BCUT2D eigenvalue weighted by molar-refractivity contribution is 14.1. The van der Waals surface area contributed by atoms with Crippen LogP contribution in [0.2, 0.25) is 0 Å². The number of aromatic amines is 1. The van der Waals surface area contributed by atoms with E-state index in [1.54, 1.807) is 0 Å². The largest absolute Gasteiger partial charge is 0.455 e. The summed E-state index contributed by atoms with van der Waals surface area (Å²) in [5.41, 5.74) is 2.39. The molecule has 0 saturated heterocycles. The van der Waals surface area contributed by atoms with Crippen molar-refractivity contribution in [2.24, 2.45) is 0 Å². The molecule has 0 amide bonds. The number of H-pyrrole nitrogens is 1. The van der Waals surface area contributed by atoms with Crippen molar-refractivity contribution in [2.75, 3.05) is 0 Å². The summed E-state index contributed by atoms with van der Waals surface area (Å²) in [5.74, 6) is 4.35. The standard InChI is InChI=1S/C9H10F3N.C8H10BrN.C7H10BrN.C7H9BrO.C7H9IO/c1-6(2)8-4-3-7(5-13-8)9(10,11)12;1-6(2)7-4-3-5-8(9)10-7;3*1-5(2)6-3-4-7(8)9-6/h3-6H,1-2H3;3-6H,1-2H3;3-5,9H,1-2H3;2*3-5H,1-2H3. The second-order valence-electron chi connectivity index (χ2n) is 12.7. The minimum atomic E-state index is -4.29. The zero-order valence-corrected chi connectivity index (χ0v) is 37.1. The van der Waals surface area contributed by atoms with Crippen molar-refractivity contribution < 1.29 is 22.0 Å². The summed E-state index contributed by atoms with van der Waals surface area (Å²) in [7, 11) is 0. The lowest BCUT2D eigenvalue weighted by molar-refractivity contribution is -0.137. The molecule has 276 valence electrons. The summed E-state index contributed by atoms with van der Waals surface area (Å²) in [5, 5.41) is 0. The third-order valence-electron chi connectivity index (χ3n) is 6.65. The maximum Gasteiger partial charge on any atom is 0.417 e. The average Bonchev–Trinajstić information content (AvgIpc) is 3.79. The van der Waals surface area contributed by atoms with Crippen LogP contribution in [0.5, 0.6) is 0 Å². The lowest BCUT2D eigenvalue weighted by Gasteiger charge is -2.08. The molecule has 0 radical (unpaired) electrons. The van der Waals surface area contributed by atoms with Gasteiger partial charge in [-0.3, -0.25) is 4.98 Å². The minimum absolute atomic E-state index is 0.155. The van der Waals surface area contributed by atoms with Crippen molar-refractivity contribution >= 4 is 70.4 Å². The highest BCUT2D eigenvalue weighted by Gasteiger charge is 2.30. The van der Waals surface area contributed by atoms with Crippen LogP contribution in [-0.2, 0) is 6.18 Å². The molecule has 0 aliphatic heterocycles. The lowest BCUT2D eigenvalue weighted by Crippen LogP contribution is -2.06. The highest BCUT2D eigenvalue weighted by atomic mass is 127. The van der Waals surface area contributed by atoms with Crippen LogP contribution < -0.4 is 0 Å². The predicted molar refractivity (Wildman–Crippen MR) is 218 cm³/mol. The molecular weight excluding hydrogens is 954 g/mol. The quantitative estimate of drug-likeness (QED) is 0.141. The van der Waals surface area contributed by atoms with Crippen LogP contribution in [0.15, 0.2) is 95.6 Å². The van der Waals surface area contributed by atoms with Gasteiger partial charge in [0, 0.05) is 35.1 Å². The van der Waals surface area contributed by atoms with Crippen molar-refractivity contribution in [3.8, 4) is 0 Å². The summed E-state index contributed by atoms with van der Waals surface area (Å²) in [6, 6.07) is 20.5. The van der Waals surface area contributed by atoms with E-state index in [-0.39, 0.29) is 5.92 Å². The maximum atomic E-state index is 12.1. The minimum Gasteiger partial charge on any atom is -0.455 e. The van der Waals surface area contributed by atoms with E-state index in [9.17, 15) is 13.2 Å². The molecule has 0 aliphatic rings. The number of rotatable bonds is 5. The van der Waals surface area contributed by atoms with Crippen LogP contribution in [0.3, 0.4) is 0 Å². The van der Waals surface area contributed by atoms with Crippen molar-refractivity contribution in [1.82, 2.24) is 15.0 Å². The summed E-state index contributed by atoms with van der Waals surface area (Å²) < 4.78 is 50.6. The van der Waals surface area contributed by atoms with Gasteiger partial charge in [0.2, 0.25) is 0 Å². The van der Waals surface area contributed by atoms with Crippen LogP contribution in [0, 0.1) is 3.77 Å². The molecule has 0 bridgehead atoms. The fourth-order valence-corrected chi connectivity index (χ4v) is 5.13. The van der Waals surface area contributed by atoms with E-state index in [1.807, 2.05) is 62.4 Å². The van der Waals surface area contributed by atoms with E-state index < -0.39 is 11.7 Å². The molecule has 0 fully saturated rings. The van der Waals surface area contributed by atoms with Gasteiger partial charge in [-0.1, -0.05) is 75.3 Å². The molecular formula is C38H48Br3F3IN3O2. The van der Waals surface area contributed by atoms with Crippen molar-refractivity contribution in [2.45, 2.75) is 105 Å². The van der Waals surface area contributed by atoms with Gasteiger partial charge in [0.1, 0.15) is 16.1 Å². The van der Waals surface area contributed by atoms with E-state index in [2.05, 4.69) is 147 Å². The third-order valence-corrected chi connectivity index (χ3v) is 8.56. The fourth-order valence-electron chi connectivity index (χ4n) is 3.66. The van der Waals surface area contributed by atoms with Crippen LogP contribution in [0.25, 0.3) is 0 Å². The molecule has 0 unspecified atom stereocenters. The highest BCUT2D eigenvalue weighted by Crippen LogP contribution is 2.29. The Morgan fingerprint density at radius 3 is 1.50 bits per heavy atom. The number of nitrogens with one attached hydrogen (secondary N) is 1. The first-order chi connectivity index (χ1) is 23.2. The molecule has 0 atom stereocenters.